The first-order valence-corrected chi connectivity index (χ1v) is 10.4. The lowest BCUT2D eigenvalue weighted by atomic mass is 10.0. The zero-order valence-corrected chi connectivity index (χ0v) is 16.1. The van der Waals surface area contributed by atoms with E-state index in [0.29, 0.717) is 37.0 Å². The number of sulfonamides is 1. The minimum absolute atomic E-state index is 0.000405. The topological polar surface area (TPSA) is 106 Å². The minimum atomic E-state index is -3.23. The number of carbonyl (C=O) groups is 1. The van der Waals surface area contributed by atoms with E-state index >= 15 is 0 Å². The number of para-hydroxylation sites is 1. The Hall–Kier alpha value is -2.46. The molecule has 0 atom stereocenters. The van der Waals surface area contributed by atoms with Crippen molar-refractivity contribution in [3.63, 3.8) is 0 Å². The van der Waals surface area contributed by atoms with Crippen LogP contribution in [-0.2, 0) is 21.2 Å². The van der Waals surface area contributed by atoms with Gasteiger partial charge in [0.15, 0.2) is 12.4 Å². The first kappa shape index (κ1) is 19.3. The van der Waals surface area contributed by atoms with E-state index in [1.54, 1.807) is 17.0 Å². The predicted octanol–water partition coefficient (Wildman–Crippen LogP) is 0.508. The summed E-state index contributed by atoms with van der Waals surface area (Å²) in [5.74, 6) is 1.49. The van der Waals surface area contributed by atoms with E-state index in [-0.39, 0.29) is 25.0 Å². The van der Waals surface area contributed by atoms with Gasteiger partial charge in [0.25, 0.3) is 5.91 Å². The highest BCUT2D eigenvalue weighted by Gasteiger charge is 2.35. The van der Waals surface area contributed by atoms with Gasteiger partial charge in [-0.2, -0.15) is 4.98 Å². The Morgan fingerprint density at radius 2 is 2.04 bits per heavy atom. The van der Waals surface area contributed by atoms with Gasteiger partial charge in [-0.05, 0) is 12.1 Å². The number of carbonyl (C=O) groups excluding carboxylic acids is 1. The molecule has 0 unspecified atom stereocenters. The van der Waals surface area contributed by atoms with Crippen LogP contribution in [0, 0.1) is 0 Å². The molecule has 0 saturated carbocycles. The van der Waals surface area contributed by atoms with Crippen molar-refractivity contribution in [1.82, 2.24) is 19.3 Å². The van der Waals surface area contributed by atoms with Crippen LogP contribution in [0.25, 0.3) is 0 Å². The molecule has 1 aromatic heterocycles. The molecule has 0 aliphatic carbocycles. The van der Waals surface area contributed by atoms with Gasteiger partial charge in [0.1, 0.15) is 5.75 Å². The lowest BCUT2D eigenvalue weighted by Crippen LogP contribution is -2.50. The normalized spacial score (nSPS) is 15.0. The van der Waals surface area contributed by atoms with Gasteiger partial charge in [-0.15, -0.1) is 0 Å². The lowest BCUT2D eigenvalue weighted by molar-refractivity contribution is -0.138. The number of aromatic nitrogens is 2. The molecular formula is C17H22N4O5S. The first-order chi connectivity index (χ1) is 12.8. The Kier molecular flexibility index (Phi) is 5.76. The van der Waals surface area contributed by atoms with Gasteiger partial charge in [0.05, 0.1) is 12.2 Å². The van der Waals surface area contributed by atoms with Gasteiger partial charge >= 0.3 is 0 Å². The van der Waals surface area contributed by atoms with E-state index in [4.69, 9.17) is 9.26 Å². The minimum Gasteiger partial charge on any atom is -0.484 e. The Morgan fingerprint density at radius 1 is 1.33 bits per heavy atom. The van der Waals surface area contributed by atoms with Crippen molar-refractivity contribution in [1.29, 1.82) is 0 Å². The molecule has 0 bridgehead atoms. The molecule has 1 aromatic carbocycles. The third-order valence-electron chi connectivity index (χ3n) is 4.39. The fraction of sp³-hybridized carbons (Fsp3) is 0.471. The van der Waals surface area contributed by atoms with Crippen molar-refractivity contribution in [3.8, 4) is 5.75 Å². The molecule has 0 radical (unpaired) electrons. The van der Waals surface area contributed by atoms with Crippen molar-refractivity contribution in [3.05, 3.63) is 42.0 Å². The second-order valence-corrected chi connectivity index (χ2v) is 8.57. The van der Waals surface area contributed by atoms with Crippen molar-refractivity contribution in [2.24, 2.45) is 0 Å². The fourth-order valence-electron chi connectivity index (χ4n) is 2.55. The van der Waals surface area contributed by atoms with Gasteiger partial charge in [0, 0.05) is 33.1 Å². The Morgan fingerprint density at radius 3 is 2.70 bits per heavy atom. The smallest absolute Gasteiger partial charge is 0.260 e. The number of likely N-dealkylation sites (N-methyl/N-ethyl adjacent to an activating group) is 1. The molecule has 0 spiro atoms. The Bertz CT molecular complexity index is 878. The molecule has 3 rings (SSSR count). The molecule has 0 N–H and O–H groups in total. The number of nitrogens with zero attached hydrogens (tertiary/aromatic N) is 4. The van der Waals surface area contributed by atoms with Crippen LogP contribution in [0.5, 0.6) is 5.75 Å². The van der Waals surface area contributed by atoms with Crippen LogP contribution in [0.3, 0.4) is 0 Å². The summed E-state index contributed by atoms with van der Waals surface area (Å²) in [6.07, 6.45) is 1.52. The van der Waals surface area contributed by atoms with Crippen molar-refractivity contribution < 1.29 is 22.5 Å². The third-order valence-corrected chi connectivity index (χ3v) is 5.70. The van der Waals surface area contributed by atoms with E-state index in [9.17, 15) is 13.2 Å². The molecule has 146 valence electrons. The monoisotopic (exact) mass is 394 g/mol. The van der Waals surface area contributed by atoms with Crippen LogP contribution in [0.2, 0.25) is 0 Å². The second kappa shape index (κ2) is 8.05. The summed E-state index contributed by atoms with van der Waals surface area (Å²) >= 11 is 0. The quantitative estimate of drug-likeness (QED) is 0.642. The summed E-state index contributed by atoms with van der Waals surface area (Å²) < 4.78 is 34.7. The molecule has 1 aliphatic rings. The standard InChI is InChI=1S/C17H22N4O5S/c1-20(27(2,23)24)9-8-15-18-17(26-19-15)13-10-21(11-13)16(22)12-25-14-6-4-3-5-7-14/h3-7,13H,8-12H2,1-2H3. The van der Waals surface area contributed by atoms with Gasteiger partial charge in [0.2, 0.25) is 15.9 Å². The molecule has 1 fully saturated rings. The van der Waals surface area contributed by atoms with Crippen molar-refractivity contribution in [2.75, 3.05) is 39.5 Å². The van der Waals surface area contributed by atoms with E-state index in [1.165, 1.54) is 11.4 Å². The highest BCUT2D eigenvalue weighted by Crippen LogP contribution is 2.26. The molecule has 27 heavy (non-hydrogen) atoms. The molecule has 1 aliphatic heterocycles. The number of benzene rings is 1. The number of amides is 1. The maximum atomic E-state index is 12.1. The molecule has 2 heterocycles. The van der Waals surface area contributed by atoms with Crippen LogP contribution < -0.4 is 4.74 Å². The van der Waals surface area contributed by atoms with Gasteiger partial charge < -0.3 is 14.2 Å². The average Bonchev–Trinajstić information content (AvgIpc) is 3.05. The number of rotatable bonds is 8. The van der Waals surface area contributed by atoms with Crippen LogP contribution >= 0.6 is 0 Å². The highest BCUT2D eigenvalue weighted by atomic mass is 32.2. The van der Waals surface area contributed by atoms with Gasteiger partial charge in [-0.1, -0.05) is 23.4 Å². The van der Waals surface area contributed by atoms with E-state index in [1.807, 2.05) is 18.2 Å². The number of hydrogen-bond donors (Lipinski definition) is 0. The maximum absolute atomic E-state index is 12.1. The molecule has 2 aromatic rings. The highest BCUT2D eigenvalue weighted by molar-refractivity contribution is 7.88. The number of likely N-dealkylation sites (tertiary alicyclic amines) is 1. The van der Waals surface area contributed by atoms with Crippen LogP contribution in [0.1, 0.15) is 17.6 Å². The molecule has 9 nitrogen and oxygen atoms in total. The zero-order valence-electron chi connectivity index (χ0n) is 15.2. The SMILES string of the molecule is CN(CCc1noc(C2CN(C(=O)COc3ccccc3)C2)n1)S(C)(=O)=O. The van der Waals surface area contributed by atoms with E-state index < -0.39 is 10.0 Å². The summed E-state index contributed by atoms with van der Waals surface area (Å²) in [6, 6.07) is 9.17. The van der Waals surface area contributed by atoms with E-state index in [0.717, 1.165) is 6.26 Å². The summed E-state index contributed by atoms with van der Waals surface area (Å²) in [7, 11) is -1.72. The summed E-state index contributed by atoms with van der Waals surface area (Å²) in [4.78, 5) is 18.1. The fourth-order valence-corrected chi connectivity index (χ4v) is 2.97. The summed E-state index contributed by atoms with van der Waals surface area (Å²) in [6.45, 7) is 1.28. The van der Waals surface area contributed by atoms with Gasteiger partial charge in [-0.3, -0.25) is 4.79 Å². The Balaban J connectivity index is 1.43. The predicted molar refractivity (Wildman–Crippen MR) is 96.7 cm³/mol. The van der Waals surface area contributed by atoms with Crippen LogP contribution in [-0.4, -0.2) is 73.2 Å². The first-order valence-electron chi connectivity index (χ1n) is 8.52. The molecule has 1 amide bonds. The number of hydrogen-bond acceptors (Lipinski definition) is 7. The van der Waals surface area contributed by atoms with Crippen LogP contribution in [0.4, 0.5) is 0 Å². The summed E-state index contributed by atoms with van der Waals surface area (Å²) in [5.41, 5.74) is 0. The maximum Gasteiger partial charge on any atom is 0.260 e. The average molecular weight is 394 g/mol. The zero-order chi connectivity index (χ0) is 19.4. The lowest BCUT2D eigenvalue weighted by Gasteiger charge is -2.36. The van der Waals surface area contributed by atoms with Crippen LogP contribution in [0.15, 0.2) is 34.9 Å². The number of ether oxygens (including phenoxy) is 1. The molecular weight excluding hydrogens is 372 g/mol. The van der Waals surface area contributed by atoms with Crippen molar-refractivity contribution in [2.45, 2.75) is 12.3 Å². The van der Waals surface area contributed by atoms with Gasteiger partial charge in [-0.25, -0.2) is 12.7 Å². The van der Waals surface area contributed by atoms with Crippen molar-refractivity contribution >= 4 is 15.9 Å². The third kappa shape index (κ3) is 5.04. The molecule has 10 heteroatoms. The largest absolute Gasteiger partial charge is 0.484 e. The Labute approximate surface area is 158 Å². The van der Waals surface area contributed by atoms with E-state index in [2.05, 4.69) is 10.1 Å². The summed E-state index contributed by atoms with van der Waals surface area (Å²) in [5, 5.41) is 3.88. The second-order valence-electron chi connectivity index (χ2n) is 6.48. The molecule has 1 saturated heterocycles.